The Morgan fingerprint density at radius 3 is 2.00 bits per heavy atom. The van der Waals surface area contributed by atoms with Crippen molar-refractivity contribution in [2.75, 3.05) is 13.7 Å². The number of hydrazine groups is 1. The van der Waals surface area contributed by atoms with E-state index in [0.717, 1.165) is 16.7 Å². The number of benzene rings is 2. The zero-order chi connectivity index (χ0) is 21.9. The molecule has 0 saturated heterocycles. The number of carbonyl (C=O) groups is 1. The largest absolute Gasteiger partial charge is 0.493 e. The van der Waals surface area contributed by atoms with Crippen molar-refractivity contribution in [3.8, 4) is 11.5 Å². The minimum absolute atomic E-state index is 0.183. The second-order valence-electron chi connectivity index (χ2n) is 6.81. The summed E-state index contributed by atoms with van der Waals surface area (Å²) in [6, 6.07) is 4.63. The Labute approximate surface area is 172 Å². The fourth-order valence-electron chi connectivity index (χ4n) is 3.19. The molecule has 2 aromatic carbocycles. The minimum Gasteiger partial charge on any atom is -0.493 e. The molecule has 8 heteroatoms. The van der Waals surface area contributed by atoms with Gasteiger partial charge in [0.05, 0.1) is 18.6 Å². The molecule has 7 nitrogen and oxygen atoms in total. The lowest BCUT2D eigenvalue weighted by Crippen LogP contribution is -2.42. The van der Waals surface area contributed by atoms with E-state index >= 15 is 0 Å². The van der Waals surface area contributed by atoms with Crippen molar-refractivity contribution in [1.29, 1.82) is 0 Å². The van der Waals surface area contributed by atoms with Crippen molar-refractivity contribution in [1.82, 2.24) is 10.3 Å². The molecule has 0 spiro atoms. The van der Waals surface area contributed by atoms with Crippen LogP contribution in [0.25, 0.3) is 0 Å². The molecule has 0 aromatic heterocycles. The predicted molar refractivity (Wildman–Crippen MR) is 112 cm³/mol. The van der Waals surface area contributed by atoms with Gasteiger partial charge >= 0.3 is 0 Å². The summed E-state index contributed by atoms with van der Waals surface area (Å²) in [7, 11) is -2.49. The van der Waals surface area contributed by atoms with E-state index in [4.69, 9.17) is 9.47 Å². The van der Waals surface area contributed by atoms with E-state index in [9.17, 15) is 13.2 Å². The highest BCUT2D eigenvalue weighted by atomic mass is 32.2. The van der Waals surface area contributed by atoms with Gasteiger partial charge in [0.15, 0.2) is 11.5 Å². The second kappa shape index (κ2) is 8.84. The van der Waals surface area contributed by atoms with Gasteiger partial charge in [-0.25, -0.2) is 8.42 Å². The van der Waals surface area contributed by atoms with Crippen LogP contribution in [0, 0.1) is 34.6 Å². The maximum Gasteiger partial charge on any atom is 0.266 e. The molecule has 0 aliphatic rings. The van der Waals surface area contributed by atoms with Gasteiger partial charge in [0.2, 0.25) is 0 Å². The van der Waals surface area contributed by atoms with Crippen LogP contribution in [-0.2, 0) is 10.0 Å². The third-order valence-electron chi connectivity index (χ3n) is 5.22. The molecule has 0 saturated carbocycles. The molecule has 0 fully saturated rings. The summed E-state index contributed by atoms with van der Waals surface area (Å²) in [5.74, 6) is 0.286. The topological polar surface area (TPSA) is 93.7 Å². The lowest BCUT2D eigenvalue weighted by molar-refractivity contribution is 0.0944. The highest BCUT2D eigenvalue weighted by Gasteiger charge is 2.24. The van der Waals surface area contributed by atoms with Gasteiger partial charge in [0, 0.05) is 5.56 Å². The molecule has 0 unspecified atom stereocenters. The molecule has 0 radical (unpaired) electrons. The maximum absolute atomic E-state index is 12.9. The predicted octanol–water partition coefficient (Wildman–Crippen LogP) is 3.26. The molecule has 2 N–H and O–H groups in total. The first-order valence-electron chi connectivity index (χ1n) is 9.25. The van der Waals surface area contributed by atoms with Crippen molar-refractivity contribution in [2.24, 2.45) is 0 Å². The molecule has 0 aliphatic carbocycles. The smallest absolute Gasteiger partial charge is 0.266 e. The van der Waals surface area contributed by atoms with Crippen LogP contribution in [0.2, 0.25) is 0 Å². The number of carbonyl (C=O) groups excluding carboxylic acids is 1. The molecule has 29 heavy (non-hydrogen) atoms. The third kappa shape index (κ3) is 4.54. The highest BCUT2D eigenvalue weighted by molar-refractivity contribution is 7.89. The number of sulfonamides is 1. The first-order valence-corrected chi connectivity index (χ1v) is 10.7. The molecular weight excluding hydrogens is 392 g/mol. The monoisotopic (exact) mass is 420 g/mol. The van der Waals surface area contributed by atoms with E-state index in [1.54, 1.807) is 19.9 Å². The van der Waals surface area contributed by atoms with E-state index < -0.39 is 15.9 Å². The Hall–Kier alpha value is -2.58. The number of amides is 1. The number of hydrogen-bond acceptors (Lipinski definition) is 5. The van der Waals surface area contributed by atoms with Crippen LogP contribution in [0.1, 0.15) is 45.1 Å². The van der Waals surface area contributed by atoms with Crippen LogP contribution in [0.15, 0.2) is 23.1 Å². The normalized spacial score (nSPS) is 11.3. The number of methoxy groups -OCH3 is 1. The SMILES string of the molecule is CCOc1ccc(C(=O)NNS(=O)(=O)c2c(C)c(C)c(C)c(C)c2C)cc1OC. The number of ether oxygens (including phenoxy) is 2. The molecule has 1 amide bonds. The first-order chi connectivity index (χ1) is 13.5. The maximum atomic E-state index is 12.9. The van der Waals surface area contributed by atoms with Gasteiger partial charge in [-0.1, -0.05) is 0 Å². The van der Waals surface area contributed by atoms with E-state index in [1.807, 2.05) is 27.7 Å². The second-order valence-corrected chi connectivity index (χ2v) is 8.43. The Bertz CT molecular complexity index is 1020. The van der Waals surface area contributed by atoms with Crippen molar-refractivity contribution < 1.29 is 22.7 Å². The Morgan fingerprint density at radius 2 is 1.48 bits per heavy atom. The van der Waals surface area contributed by atoms with Gasteiger partial charge in [0.25, 0.3) is 15.9 Å². The summed E-state index contributed by atoms with van der Waals surface area (Å²) in [4.78, 5) is 14.9. The van der Waals surface area contributed by atoms with E-state index in [-0.39, 0.29) is 10.5 Å². The van der Waals surface area contributed by atoms with Crippen molar-refractivity contribution >= 4 is 15.9 Å². The van der Waals surface area contributed by atoms with Gasteiger partial charge in [-0.15, -0.1) is 4.83 Å². The van der Waals surface area contributed by atoms with Crippen LogP contribution in [0.3, 0.4) is 0 Å². The molecule has 2 rings (SSSR count). The Balaban J connectivity index is 2.29. The minimum atomic E-state index is -3.96. The van der Waals surface area contributed by atoms with Crippen LogP contribution in [0.5, 0.6) is 11.5 Å². The van der Waals surface area contributed by atoms with Crippen molar-refractivity contribution in [3.05, 3.63) is 51.6 Å². The summed E-state index contributed by atoms with van der Waals surface area (Å²) in [6.07, 6.45) is 0. The number of rotatable bonds is 7. The van der Waals surface area contributed by atoms with Crippen molar-refractivity contribution in [3.63, 3.8) is 0 Å². The summed E-state index contributed by atoms with van der Waals surface area (Å²) >= 11 is 0. The fraction of sp³-hybridized carbons (Fsp3) is 0.381. The van der Waals surface area contributed by atoms with Gasteiger partial charge in [-0.2, -0.15) is 0 Å². The van der Waals surface area contributed by atoms with E-state index in [2.05, 4.69) is 10.3 Å². The quantitative estimate of drug-likeness (QED) is 0.671. The molecule has 0 bridgehead atoms. The Kier molecular flexibility index (Phi) is 6.92. The van der Waals surface area contributed by atoms with E-state index in [1.165, 1.54) is 19.2 Å². The molecular formula is C21H28N2O5S. The van der Waals surface area contributed by atoms with Crippen LogP contribution in [-0.4, -0.2) is 28.0 Å². The number of nitrogens with one attached hydrogen (secondary N) is 2. The highest BCUT2D eigenvalue weighted by Crippen LogP contribution is 2.30. The zero-order valence-corrected chi connectivity index (χ0v) is 18.7. The standard InChI is InChI=1S/C21H28N2O5S/c1-8-28-18-10-9-17(11-19(18)27-7)21(24)22-23-29(25,26)20-15(5)13(3)12(2)14(4)16(20)6/h9-11,23H,8H2,1-7H3,(H,22,24). The summed E-state index contributed by atoms with van der Waals surface area (Å²) < 4.78 is 36.5. The molecule has 0 aliphatic heterocycles. The van der Waals surface area contributed by atoms with Crippen molar-refractivity contribution in [2.45, 2.75) is 46.4 Å². The molecule has 0 heterocycles. The summed E-state index contributed by atoms with van der Waals surface area (Å²) in [5, 5.41) is 0. The lowest BCUT2D eigenvalue weighted by Gasteiger charge is -2.19. The average molecular weight is 421 g/mol. The molecule has 158 valence electrons. The third-order valence-corrected chi connectivity index (χ3v) is 6.75. The average Bonchev–Trinajstić information content (AvgIpc) is 2.69. The zero-order valence-electron chi connectivity index (χ0n) is 17.9. The van der Waals surface area contributed by atoms with Crippen LogP contribution in [0.4, 0.5) is 0 Å². The first kappa shape index (κ1) is 22.7. The number of hydrogen-bond donors (Lipinski definition) is 2. The Morgan fingerprint density at radius 1 is 0.931 bits per heavy atom. The summed E-state index contributed by atoms with van der Waals surface area (Å²) in [5.41, 5.74) is 6.72. The summed E-state index contributed by atoms with van der Waals surface area (Å²) in [6.45, 7) is 11.6. The van der Waals surface area contributed by atoms with E-state index in [0.29, 0.717) is 29.2 Å². The van der Waals surface area contributed by atoms with Gasteiger partial charge in [-0.05, 0) is 87.6 Å². The fourth-order valence-corrected chi connectivity index (χ4v) is 4.63. The molecule has 0 atom stereocenters. The molecule has 2 aromatic rings. The van der Waals surface area contributed by atoms with Gasteiger partial charge in [-0.3, -0.25) is 10.2 Å². The van der Waals surface area contributed by atoms with Crippen LogP contribution >= 0.6 is 0 Å². The lowest BCUT2D eigenvalue weighted by atomic mass is 9.95. The van der Waals surface area contributed by atoms with Gasteiger partial charge in [0.1, 0.15) is 0 Å². The van der Waals surface area contributed by atoms with Crippen LogP contribution < -0.4 is 19.7 Å². The van der Waals surface area contributed by atoms with Gasteiger partial charge < -0.3 is 9.47 Å².